The van der Waals surface area contributed by atoms with Gasteiger partial charge in [-0.2, -0.15) is 5.06 Å². The van der Waals surface area contributed by atoms with Crippen LogP contribution in [-0.2, 0) is 0 Å². The molecule has 0 aliphatic carbocycles. The lowest BCUT2D eigenvalue weighted by Crippen LogP contribution is -2.52. The van der Waals surface area contributed by atoms with Crippen molar-refractivity contribution in [3.05, 3.63) is 23.8 Å². The zero-order chi connectivity index (χ0) is 16.4. The number of nitrogens with zero attached hydrogens (tertiary/aromatic N) is 1. The molecule has 2 bridgehead atoms. The molecule has 128 valence electrons. The SMILES string of the molecule is Cc1ccc(O[C@H]2C[C@H]3CCC[C@@H](C2)N3O)c(OCC(C)C)c1. The Balaban J connectivity index is 1.70. The molecule has 4 heteroatoms. The van der Waals surface area contributed by atoms with Gasteiger partial charge in [0.05, 0.1) is 6.61 Å². The topological polar surface area (TPSA) is 41.9 Å². The van der Waals surface area contributed by atoms with Crippen molar-refractivity contribution in [1.82, 2.24) is 5.06 Å². The second kappa shape index (κ2) is 7.10. The van der Waals surface area contributed by atoms with Crippen LogP contribution in [0.25, 0.3) is 0 Å². The third kappa shape index (κ3) is 3.99. The lowest BCUT2D eigenvalue weighted by molar-refractivity contribution is -0.207. The van der Waals surface area contributed by atoms with Crippen molar-refractivity contribution < 1.29 is 14.7 Å². The van der Waals surface area contributed by atoms with E-state index in [0.29, 0.717) is 12.5 Å². The van der Waals surface area contributed by atoms with Crippen molar-refractivity contribution in [1.29, 1.82) is 0 Å². The molecule has 0 aromatic heterocycles. The average Bonchev–Trinajstić information content (AvgIpc) is 2.48. The summed E-state index contributed by atoms with van der Waals surface area (Å²) < 4.78 is 12.2. The van der Waals surface area contributed by atoms with Gasteiger partial charge in [-0.15, -0.1) is 0 Å². The number of hydroxylamine groups is 2. The number of rotatable bonds is 5. The molecule has 2 aliphatic rings. The highest BCUT2D eigenvalue weighted by Crippen LogP contribution is 2.37. The molecular weight excluding hydrogens is 290 g/mol. The molecule has 0 spiro atoms. The minimum absolute atomic E-state index is 0.165. The molecule has 23 heavy (non-hydrogen) atoms. The van der Waals surface area contributed by atoms with Gasteiger partial charge < -0.3 is 14.7 Å². The molecule has 2 fully saturated rings. The van der Waals surface area contributed by atoms with Crippen LogP contribution in [0.4, 0.5) is 0 Å². The van der Waals surface area contributed by atoms with Crippen molar-refractivity contribution in [3.8, 4) is 11.5 Å². The number of benzene rings is 1. The largest absolute Gasteiger partial charge is 0.489 e. The number of ether oxygens (including phenoxy) is 2. The van der Waals surface area contributed by atoms with E-state index in [1.807, 2.05) is 6.07 Å². The van der Waals surface area contributed by atoms with E-state index in [4.69, 9.17) is 9.47 Å². The molecule has 1 aromatic rings. The number of piperidine rings is 2. The monoisotopic (exact) mass is 319 g/mol. The van der Waals surface area contributed by atoms with Gasteiger partial charge in [0.15, 0.2) is 11.5 Å². The molecule has 3 atom stereocenters. The van der Waals surface area contributed by atoms with Crippen LogP contribution >= 0.6 is 0 Å². The maximum Gasteiger partial charge on any atom is 0.161 e. The number of hydrogen-bond acceptors (Lipinski definition) is 4. The van der Waals surface area contributed by atoms with Crippen LogP contribution in [0.1, 0.15) is 51.5 Å². The van der Waals surface area contributed by atoms with Crippen LogP contribution in [0.15, 0.2) is 18.2 Å². The fraction of sp³-hybridized carbons (Fsp3) is 0.684. The molecule has 0 amide bonds. The molecule has 4 nitrogen and oxygen atoms in total. The molecule has 0 unspecified atom stereocenters. The molecule has 0 radical (unpaired) electrons. The fourth-order valence-electron chi connectivity index (χ4n) is 3.66. The number of aryl methyl sites for hydroxylation is 1. The summed E-state index contributed by atoms with van der Waals surface area (Å²) in [5.41, 5.74) is 1.18. The van der Waals surface area contributed by atoms with E-state index in [0.717, 1.165) is 37.2 Å². The minimum atomic E-state index is 0.165. The second-order valence-corrected chi connectivity index (χ2v) is 7.48. The van der Waals surface area contributed by atoms with Crippen molar-refractivity contribution in [2.45, 2.75) is 71.1 Å². The van der Waals surface area contributed by atoms with E-state index in [-0.39, 0.29) is 18.2 Å². The zero-order valence-corrected chi connectivity index (χ0v) is 14.5. The second-order valence-electron chi connectivity index (χ2n) is 7.48. The molecule has 2 saturated heterocycles. The third-order valence-electron chi connectivity index (χ3n) is 4.86. The molecule has 2 aliphatic heterocycles. The van der Waals surface area contributed by atoms with Crippen LogP contribution < -0.4 is 9.47 Å². The lowest BCUT2D eigenvalue weighted by Gasteiger charge is -2.44. The third-order valence-corrected chi connectivity index (χ3v) is 4.86. The highest BCUT2D eigenvalue weighted by Gasteiger charge is 2.38. The van der Waals surface area contributed by atoms with Gasteiger partial charge in [0, 0.05) is 24.9 Å². The van der Waals surface area contributed by atoms with Gasteiger partial charge in [-0.25, -0.2) is 0 Å². The van der Waals surface area contributed by atoms with Crippen molar-refractivity contribution >= 4 is 0 Å². The zero-order valence-electron chi connectivity index (χ0n) is 14.5. The van der Waals surface area contributed by atoms with Gasteiger partial charge in [-0.1, -0.05) is 26.3 Å². The summed E-state index contributed by atoms with van der Waals surface area (Å²) in [6, 6.07) is 6.64. The van der Waals surface area contributed by atoms with Crippen molar-refractivity contribution in [2.75, 3.05) is 6.61 Å². The summed E-state index contributed by atoms with van der Waals surface area (Å²) in [5.74, 6) is 2.17. The summed E-state index contributed by atoms with van der Waals surface area (Å²) >= 11 is 0. The van der Waals surface area contributed by atoms with E-state index in [9.17, 15) is 5.21 Å². The van der Waals surface area contributed by atoms with Gasteiger partial charge >= 0.3 is 0 Å². The highest BCUT2D eigenvalue weighted by atomic mass is 16.5. The Labute approximate surface area is 139 Å². The first-order valence-corrected chi connectivity index (χ1v) is 8.90. The first-order valence-electron chi connectivity index (χ1n) is 8.90. The standard InChI is InChI=1S/C19H29NO3/c1-13(2)12-22-19-9-14(3)7-8-18(19)23-17-10-15-5-4-6-16(11-17)20(15)21/h7-9,13,15-17,21H,4-6,10-12H2,1-3H3/t15-,16+,17+. The van der Waals surface area contributed by atoms with Crippen LogP contribution in [0.3, 0.4) is 0 Å². The summed E-state index contributed by atoms with van der Waals surface area (Å²) in [6.45, 7) is 7.06. The molecule has 2 heterocycles. The van der Waals surface area contributed by atoms with Gasteiger partial charge in [-0.3, -0.25) is 0 Å². The Kier molecular flexibility index (Phi) is 5.12. The smallest absolute Gasteiger partial charge is 0.161 e. The van der Waals surface area contributed by atoms with E-state index >= 15 is 0 Å². The normalized spacial score (nSPS) is 28.0. The van der Waals surface area contributed by atoms with Crippen LogP contribution in [0, 0.1) is 12.8 Å². The molecule has 1 N–H and O–H groups in total. The Morgan fingerprint density at radius 3 is 2.52 bits per heavy atom. The van der Waals surface area contributed by atoms with Gasteiger partial charge in [-0.05, 0) is 43.4 Å². The predicted molar refractivity (Wildman–Crippen MR) is 90.2 cm³/mol. The first-order chi connectivity index (χ1) is 11.0. The van der Waals surface area contributed by atoms with Crippen LogP contribution in [0.5, 0.6) is 11.5 Å². The summed E-state index contributed by atoms with van der Waals surface area (Å²) in [4.78, 5) is 0. The Morgan fingerprint density at radius 1 is 1.17 bits per heavy atom. The van der Waals surface area contributed by atoms with Crippen molar-refractivity contribution in [2.24, 2.45) is 5.92 Å². The molecule has 3 rings (SSSR count). The highest BCUT2D eigenvalue weighted by molar-refractivity contribution is 5.42. The number of hydrogen-bond donors (Lipinski definition) is 1. The van der Waals surface area contributed by atoms with E-state index in [1.165, 1.54) is 12.0 Å². The molecule has 0 saturated carbocycles. The summed E-state index contributed by atoms with van der Waals surface area (Å²) in [6.07, 6.45) is 5.30. The van der Waals surface area contributed by atoms with E-state index in [1.54, 1.807) is 5.06 Å². The maximum absolute atomic E-state index is 10.2. The lowest BCUT2D eigenvalue weighted by atomic mass is 9.85. The van der Waals surface area contributed by atoms with Crippen LogP contribution in [-0.4, -0.2) is 35.1 Å². The van der Waals surface area contributed by atoms with Gasteiger partial charge in [0.1, 0.15) is 6.10 Å². The maximum atomic E-state index is 10.2. The Bertz CT molecular complexity index is 517. The first kappa shape index (κ1) is 16.6. The Morgan fingerprint density at radius 2 is 1.87 bits per heavy atom. The van der Waals surface area contributed by atoms with Crippen LogP contribution in [0.2, 0.25) is 0 Å². The molecular formula is C19H29NO3. The average molecular weight is 319 g/mol. The summed E-state index contributed by atoms with van der Waals surface area (Å²) in [7, 11) is 0. The van der Waals surface area contributed by atoms with E-state index < -0.39 is 0 Å². The summed E-state index contributed by atoms with van der Waals surface area (Å²) in [5, 5.41) is 11.7. The van der Waals surface area contributed by atoms with Crippen molar-refractivity contribution in [3.63, 3.8) is 0 Å². The van der Waals surface area contributed by atoms with Gasteiger partial charge in [0.2, 0.25) is 0 Å². The number of fused-ring (bicyclic) bond motifs is 2. The minimum Gasteiger partial charge on any atom is -0.489 e. The Hall–Kier alpha value is -1.26. The predicted octanol–water partition coefficient (Wildman–Crippen LogP) is 4.18. The fourth-order valence-corrected chi connectivity index (χ4v) is 3.66. The quantitative estimate of drug-likeness (QED) is 0.884. The van der Waals surface area contributed by atoms with Gasteiger partial charge in [0.25, 0.3) is 0 Å². The van der Waals surface area contributed by atoms with E-state index in [2.05, 4.69) is 32.9 Å². The molecule has 1 aromatic carbocycles.